The van der Waals surface area contributed by atoms with E-state index in [4.69, 9.17) is 5.73 Å². The van der Waals surface area contributed by atoms with Gasteiger partial charge < -0.3 is 16.0 Å². The molecule has 1 unspecified atom stereocenters. The molecule has 2 aromatic carbocycles. The fraction of sp³-hybridized carbons (Fsp3) is 0.290. The van der Waals surface area contributed by atoms with Crippen LogP contribution in [0.2, 0.25) is 0 Å². The predicted molar refractivity (Wildman–Crippen MR) is 145 cm³/mol. The minimum absolute atomic E-state index is 0.149. The van der Waals surface area contributed by atoms with Crippen LogP contribution in [0.25, 0.3) is 0 Å². The highest BCUT2D eigenvalue weighted by Crippen LogP contribution is 2.43. The van der Waals surface area contributed by atoms with Gasteiger partial charge in [0.1, 0.15) is 6.04 Å². The van der Waals surface area contributed by atoms with Gasteiger partial charge in [0, 0.05) is 30.9 Å². The molecule has 1 fully saturated rings. The van der Waals surface area contributed by atoms with Crippen LogP contribution in [-0.2, 0) is 21.4 Å². The summed E-state index contributed by atoms with van der Waals surface area (Å²) in [6.07, 6.45) is 10.9. The molecule has 7 nitrogen and oxygen atoms in total. The molecule has 0 radical (unpaired) electrons. The summed E-state index contributed by atoms with van der Waals surface area (Å²) in [6.45, 7) is 0.455. The molecule has 5 rings (SSSR count). The molecule has 3 amide bonds. The number of nitrogens with two attached hydrogens (primary N) is 1. The molecule has 0 spiro atoms. The molecule has 38 heavy (non-hydrogen) atoms. The fourth-order valence-corrected chi connectivity index (χ4v) is 5.46. The molecule has 1 aliphatic heterocycles. The molecule has 2 heterocycles. The SMILES string of the molecule is NC(=O)C1(c2cccc(C(=O)N[C@@H](Cc3ccccc3)C(=O)N3CC=CCC3c3cccnc3)c2)CCC1. The van der Waals surface area contributed by atoms with Crippen LogP contribution >= 0.6 is 0 Å². The van der Waals surface area contributed by atoms with E-state index in [2.05, 4.69) is 16.4 Å². The third kappa shape index (κ3) is 5.09. The van der Waals surface area contributed by atoms with E-state index in [1.165, 1.54) is 0 Å². The second kappa shape index (κ2) is 11.0. The molecule has 7 heteroatoms. The first-order valence-corrected chi connectivity index (χ1v) is 13.1. The first-order valence-electron chi connectivity index (χ1n) is 13.1. The normalized spacial score (nSPS) is 18.7. The Balaban J connectivity index is 1.42. The number of carbonyl (C=O) groups excluding carboxylic acids is 3. The summed E-state index contributed by atoms with van der Waals surface area (Å²) in [5.41, 5.74) is 8.10. The number of hydrogen-bond acceptors (Lipinski definition) is 4. The molecule has 0 bridgehead atoms. The molecule has 194 valence electrons. The van der Waals surface area contributed by atoms with Crippen molar-refractivity contribution >= 4 is 17.7 Å². The summed E-state index contributed by atoms with van der Waals surface area (Å²) in [6, 6.07) is 19.7. The van der Waals surface area contributed by atoms with Gasteiger partial charge in [-0.05, 0) is 54.2 Å². The molecule has 0 saturated heterocycles. The van der Waals surface area contributed by atoms with E-state index in [9.17, 15) is 14.4 Å². The number of carbonyl (C=O) groups is 3. The number of hydrogen-bond donors (Lipinski definition) is 2. The highest BCUT2D eigenvalue weighted by molar-refractivity contribution is 5.98. The number of primary amides is 1. The summed E-state index contributed by atoms with van der Waals surface area (Å²) in [5.74, 6) is -0.868. The molecule has 1 aliphatic carbocycles. The Hall–Kier alpha value is -4.26. The fourth-order valence-electron chi connectivity index (χ4n) is 5.46. The lowest BCUT2D eigenvalue weighted by Gasteiger charge is -2.39. The van der Waals surface area contributed by atoms with E-state index in [0.717, 1.165) is 23.1 Å². The van der Waals surface area contributed by atoms with Gasteiger partial charge >= 0.3 is 0 Å². The Morgan fingerprint density at radius 1 is 1.03 bits per heavy atom. The van der Waals surface area contributed by atoms with Crippen LogP contribution in [0.15, 0.2) is 91.3 Å². The van der Waals surface area contributed by atoms with Crippen molar-refractivity contribution in [2.45, 2.75) is 49.6 Å². The highest BCUT2D eigenvalue weighted by atomic mass is 16.2. The van der Waals surface area contributed by atoms with Crippen molar-refractivity contribution in [2.24, 2.45) is 5.73 Å². The van der Waals surface area contributed by atoms with E-state index in [1.54, 1.807) is 30.6 Å². The standard InChI is InChI=1S/C31H32N4O3/c32-30(38)31(15-8-16-31)25-13-6-11-23(20-25)28(36)34-26(19-22-9-2-1-3-10-22)29(37)35-18-5-4-14-27(35)24-12-7-17-33-21-24/h1-7,9-13,17,20-21,26-27H,8,14-16,18-19H2,(H2,32,38)(H,34,36)/t26-,27?/m0/s1. The van der Waals surface area contributed by atoms with Crippen LogP contribution in [0.5, 0.6) is 0 Å². The first-order chi connectivity index (χ1) is 18.5. The van der Waals surface area contributed by atoms with Crippen LogP contribution in [0.3, 0.4) is 0 Å². The maximum absolute atomic E-state index is 14.0. The third-order valence-electron chi connectivity index (χ3n) is 7.80. The Morgan fingerprint density at radius 2 is 1.84 bits per heavy atom. The largest absolute Gasteiger partial charge is 0.369 e. The summed E-state index contributed by atoms with van der Waals surface area (Å²) >= 11 is 0. The summed E-state index contributed by atoms with van der Waals surface area (Å²) in [4.78, 5) is 45.8. The summed E-state index contributed by atoms with van der Waals surface area (Å²) < 4.78 is 0. The number of amides is 3. The first kappa shape index (κ1) is 25.4. The van der Waals surface area contributed by atoms with E-state index >= 15 is 0 Å². The molecule has 3 aromatic rings. The third-order valence-corrected chi connectivity index (χ3v) is 7.80. The Bertz CT molecular complexity index is 1340. The zero-order valence-electron chi connectivity index (χ0n) is 21.3. The van der Waals surface area contributed by atoms with Crippen molar-refractivity contribution in [3.8, 4) is 0 Å². The molecule has 1 saturated carbocycles. The second-order valence-electron chi connectivity index (χ2n) is 10.1. The van der Waals surface area contributed by atoms with Gasteiger partial charge in [-0.3, -0.25) is 19.4 Å². The average Bonchev–Trinajstić information content (AvgIpc) is 2.93. The Morgan fingerprint density at radius 3 is 2.53 bits per heavy atom. The van der Waals surface area contributed by atoms with Crippen molar-refractivity contribution in [1.29, 1.82) is 0 Å². The lowest BCUT2D eigenvalue weighted by atomic mass is 9.64. The molecule has 3 N–H and O–H groups in total. The maximum Gasteiger partial charge on any atom is 0.251 e. The van der Waals surface area contributed by atoms with Crippen LogP contribution in [0.4, 0.5) is 0 Å². The van der Waals surface area contributed by atoms with E-state index < -0.39 is 11.5 Å². The minimum atomic E-state index is -0.770. The summed E-state index contributed by atoms with van der Waals surface area (Å²) in [7, 11) is 0. The second-order valence-corrected chi connectivity index (χ2v) is 10.1. The number of aromatic nitrogens is 1. The number of pyridine rings is 1. The van der Waals surface area contributed by atoms with Crippen LogP contribution in [0.1, 0.15) is 58.8 Å². The van der Waals surface area contributed by atoms with Gasteiger partial charge in [0.15, 0.2) is 0 Å². The van der Waals surface area contributed by atoms with Crippen molar-refractivity contribution in [3.05, 3.63) is 114 Å². The number of nitrogens with zero attached hydrogens (tertiary/aromatic N) is 2. The topological polar surface area (TPSA) is 105 Å². The van der Waals surface area contributed by atoms with Crippen molar-refractivity contribution in [1.82, 2.24) is 15.2 Å². The van der Waals surface area contributed by atoms with Crippen LogP contribution in [-0.4, -0.2) is 40.2 Å². The summed E-state index contributed by atoms with van der Waals surface area (Å²) in [5, 5.41) is 3.01. The van der Waals surface area contributed by atoms with Gasteiger partial charge in [0.05, 0.1) is 11.5 Å². The number of nitrogens with one attached hydrogen (secondary N) is 1. The van der Waals surface area contributed by atoms with Crippen molar-refractivity contribution in [2.75, 3.05) is 6.54 Å². The van der Waals surface area contributed by atoms with Crippen LogP contribution < -0.4 is 11.1 Å². The van der Waals surface area contributed by atoms with E-state index in [-0.39, 0.29) is 23.8 Å². The van der Waals surface area contributed by atoms with Crippen molar-refractivity contribution in [3.63, 3.8) is 0 Å². The van der Waals surface area contributed by atoms with Gasteiger partial charge in [0.2, 0.25) is 11.8 Å². The quantitative estimate of drug-likeness (QED) is 0.451. The van der Waals surface area contributed by atoms with Gasteiger partial charge in [-0.15, -0.1) is 0 Å². The molecule has 2 atom stereocenters. The number of rotatable bonds is 8. The minimum Gasteiger partial charge on any atom is -0.369 e. The average molecular weight is 509 g/mol. The molecule has 2 aliphatic rings. The highest BCUT2D eigenvalue weighted by Gasteiger charge is 2.44. The maximum atomic E-state index is 14.0. The Labute approximate surface area is 222 Å². The lowest BCUT2D eigenvalue weighted by molar-refractivity contribution is -0.135. The van der Waals surface area contributed by atoms with Crippen molar-refractivity contribution < 1.29 is 14.4 Å². The lowest BCUT2D eigenvalue weighted by Crippen LogP contribution is -2.51. The smallest absolute Gasteiger partial charge is 0.251 e. The molecule has 1 aromatic heterocycles. The van der Waals surface area contributed by atoms with Gasteiger partial charge in [-0.1, -0.05) is 67.1 Å². The van der Waals surface area contributed by atoms with E-state index in [0.29, 0.717) is 37.8 Å². The van der Waals surface area contributed by atoms with Gasteiger partial charge in [-0.25, -0.2) is 0 Å². The molecular formula is C31H32N4O3. The van der Waals surface area contributed by atoms with E-state index in [1.807, 2.05) is 59.5 Å². The predicted octanol–water partition coefficient (Wildman–Crippen LogP) is 3.86. The van der Waals surface area contributed by atoms with Gasteiger partial charge in [-0.2, -0.15) is 0 Å². The Kier molecular flexibility index (Phi) is 7.36. The van der Waals surface area contributed by atoms with Crippen LogP contribution in [0, 0.1) is 0 Å². The molecular weight excluding hydrogens is 476 g/mol. The van der Waals surface area contributed by atoms with Gasteiger partial charge in [0.25, 0.3) is 5.91 Å². The monoisotopic (exact) mass is 508 g/mol. The zero-order chi connectivity index (χ0) is 26.5. The number of benzene rings is 2. The zero-order valence-corrected chi connectivity index (χ0v) is 21.3.